The van der Waals surface area contributed by atoms with Gasteiger partial charge in [0.15, 0.2) is 0 Å². The summed E-state index contributed by atoms with van der Waals surface area (Å²) < 4.78 is 19.2. The fourth-order valence-electron chi connectivity index (χ4n) is 0.887. The molecule has 14 heavy (non-hydrogen) atoms. The van der Waals surface area contributed by atoms with Crippen LogP contribution in [0.2, 0.25) is 0 Å². The van der Waals surface area contributed by atoms with Crippen molar-refractivity contribution in [1.82, 2.24) is 0 Å². The summed E-state index contributed by atoms with van der Waals surface area (Å²) in [6, 6.07) is 4.56. The molecule has 0 fully saturated rings. The molecule has 1 aromatic rings. The highest BCUT2D eigenvalue weighted by Crippen LogP contribution is 2.23. The van der Waals surface area contributed by atoms with Gasteiger partial charge in [-0.05, 0) is 46.2 Å². The molecule has 0 bridgehead atoms. The smallest absolute Gasteiger partial charge is 0.132 e. The summed E-state index contributed by atoms with van der Waals surface area (Å²) in [5, 5.41) is 0. The van der Waals surface area contributed by atoms with Crippen molar-refractivity contribution < 1.29 is 9.13 Å². The fraction of sp³-hybridized carbons (Fsp3) is 0.455. The first-order valence-electron chi connectivity index (χ1n) is 4.46. The Kier molecular flexibility index (Phi) is 3.75. The molecule has 0 saturated heterocycles. The van der Waals surface area contributed by atoms with Gasteiger partial charge in [0.25, 0.3) is 0 Å². The van der Waals surface area contributed by atoms with E-state index in [1.165, 1.54) is 12.1 Å². The van der Waals surface area contributed by atoms with Gasteiger partial charge in [-0.3, -0.25) is 0 Å². The Morgan fingerprint density at radius 1 is 1.36 bits per heavy atom. The Morgan fingerprint density at radius 3 is 2.50 bits per heavy atom. The van der Waals surface area contributed by atoms with Crippen molar-refractivity contribution in [1.29, 1.82) is 0 Å². The van der Waals surface area contributed by atoms with Crippen LogP contribution in [0, 0.1) is 14.8 Å². The van der Waals surface area contributed by atoms with E-state index >= 15 is 0 Å². The standard InChI is InChI=1S/C11H14FIO/c1-11(2,3)7-14-10-5-4-8(12)6-9(10)13/h4-6H,7H2,1-3H3. The molecule has 0 N–H and O–H groups in total. The number of ether oxygens (including phenoxy) is 1. The third kappa shape index (κ3) is 3.82. The SMILES string of the molecule is CC(C)(C)COc1ccc(F)cc1I. The minimum Gasteiger partial charge on any atom is -0.492 e. The van der Waals surface area contributed by atoms with Crippen LogP contribution in [0.25, 0.3) is 0 Å². The lowest BCUT2D eigenvalue weighted by molar-refractivity contribution is 0.196. The number of hydrogen-bond acceptors (Lipinski definition) is 1. The minimum atomic E-state index is -0.225. The van der Waals surface area contributed by atoms with Gasteiger partial charge in [-0.2, -0.15) is 0 Å². The van der Waals surface area contributed by atoms with Gasteiger partial charge in [0.1, 0.15) is 11.6 Å². The Hall–Kier alpha value is -0.320. The van der Waals surface area contributed by atoms with Crippen LogP contribution < -0.4 is 4.74 Å². The second-order valence-electron chi connectivity index (χ2n) is 4.42. The van der Waals surface area contributed by atoms with Crippen molar-refractivity contribution in [3.05, 3.63) is 27.6 Å². The summed E-state index contributed by atoms with van der Waals surface area (Å²) in [4.78, 5) is 0. The van der Waals surface area contributed by atoms with Gasteiger partial charge in [-0.1, -0.05) is 20.8 Å². The number of hydrogen-bond donors (Lipinski definition) is 0. The molecule has 0 heterocycles. The molecular weight excluding hydrogens is 294 g/mol. The molecule has 1 aromatic carbocycles. The second kappa shape index (κ2) is 4.47. The summed E-state index contributed by atoms with van der Waals surface area (Å²) >= 11 is 2.07. The zero-order valence-corrected chi connectivity index (χ0v) is 10.8. The fourth-order valence-corrected chi connectivity index (χ4v) is 1.52. The predicted octanol–water partition coefficient (Wildman–Crippen LogP) is 3.86. The molecule has 1 nitrogen and oxygen atoms in total. The lowest BCUT2D eigenvalue weighted by Crippen LogP contribution is -2.17. The van der Waals surface area contributed by atoms with Gasteiger partial charge >= 0.3 is 0 Å². The van der Waals surface area contributed by atoms with E-state index in [0.29, 0.717) is 6.61 Å². The first-order valence-corrected chi connectivity index (χ1v) is 5.54. The van der Waals surface area contributed by atoms with E-state index in [-0.39, 0.29) is 11.2 Å². The first kappa shape index (κ1) is 11.8. The quantitative estimate of drug-likeness (QED) is 0.754. The van der Waals surface area contributed by atoms with Gasteiger partial charge in [-0.15, -0.1) is 0 Å². The Balaban J connectivity index is 2.68. The third-order valence-corrected chi connectivity index (χ3v) is 2.40. The van der Waals surface area contributed by atoms with Gasteiger partial charge < -0.3 is 4.74 Å². The molecule has 3 heteroatoms. The molecule has 0 aromatic heterocycles. The van der Waals surface area contributed by atoms with E-state index in [2.05, 4.69) is 43.4 Å². The molecule has 0 saturated carbocycles. The highest BCUT2D eigenvalue weighted by atomic mass is 127. The van der Waals surface area contributed by atoms with Crippen molar-refractivity contribution in [2.75, 3.05) is 6.61 Å². The van der Waals surface area contributed by atoms with Crippen molar-refractivity contribution >= 4 is 22.6 Å². The molecule has 0 unspecified atom stereocenters. The molecule has 0 aliphatic heterocycles. The molecule has 0 aliphatic rings. The van der Waals surface area contributed by atoms with E-state index < -0.39 is 0 Å². The molecule has 0 radical (unpaired) electrons. The van der Waals surface area contributed by atoms with E-state index in [1.54, 1.807) is 6.07 Å². The molecule has 1 rings (SSSR count). The van der Waals surface area contributed by atoms with Crippen LogP contribution in [-0.4, -0.2) is 6.61 Å². The van der Waals surface area contributed by atoms with Crippen LogP contribution in [0.4, 0.5) is 4.39 Å². The van der Waals surface area contributed by atoms with E-state index in [4.69, 9.17) is 4.74 Å². The summed E-state index contributed by atoms with van der Waals surface area (Å²) in [7, 11) is 0. The largest absolute Gasteiger partial charge is 0.492 e. The van der Waals surface area contributed by atoms with Crippen LogP contribution in [0.5, 0.6) is 5.75 Å². The summed E-state index contributed by atoms with van der Waals surface area (Å²) in [6.45, 7) is 6.94. The molecule has 0 atom stereocenters. The zero-order valence-electron chi connectivity index (χ0n) is 8.60. The van der Waals surface area contributed by atoms with Crippen LogP contribution in [0.15, 0.2) is 18.2 Å². The van der Waals surface area contributed by atoms with Crippen LogP contribution in [0.1, 0.15) is 20.8 Å². The third-order valence-electron chi connectivity index (χ3n) is 1.55. The van der Waals surface area contributed by atoms with Crippen molar-refractivity contribution in [3.8, 4) is 5.75 Å². The summed E-state index contributed by atoms with van der Waals surface area (Å²) in [5.74, 6) is 0.527. The highest BCUT2D eigenvalue weighted by molar-refractivity contribution is 14.1. The Bertz CT molecular complexity index is 318. The van der Waals surface area contributed by atoms with Crippen LogP contribution in [-0.2, 0) is 0 Å². The maximum atomic E-state index is 12.8. The molecule has 0 aliphatic carbocycles. The lowest BCUT2D eigenvalue weighted by Gasteiger charge is -2.19. The molecule has 0 amide bonds. The Morgan fingerprint density at radius 2 is 2.00 bits per heavy atom. The first-order chi connectivity index (χ1) is 6.38. The average Bonchev–Trinajstić information content (AvgIpc) is 2.00. The zero-order chi connectivity index (χ0) is 10.8. The number of rotatable bonds is 2. The number of halogens is 2. The van der Waals surface area contributed by atoms with E-state index in [0.717, 1.165) is 9.32 Å². The lowest BCUT2D eigenvalue weighted by atomic mass is 9.99. The minimum absolute atomic E-state index is 0.122. The monoisotopic (exact) mass is 308 g/mol. The van der Waals surface area contributed by atoms with Crippen LogP contribution in [0.3, 0.4) is 0 Å². The normalized spacial score (nSPS) is 11.5. The predicted molar refractivity (Wildman–Crippen MR) is 64.1 cm³/mol. The Labute approximate surface area is 97.8 Å². The van der Waals surface area contributed by atoms with Crippen molar-refractivity contribution in [2.45, 2.75) is 20.8 Å². The van der Waals surface area contributed by atoms with Crippen LogP contribution >= 0.6 is 22.6 Å². The van der Waals surface area contributed by atoms with Crippen molar-refractivity contribution in [3.63, 3.8) is 0 Å². The second-order valence-corrected chi connectivity index (χ2v) is 5.59. The molecule has 0 spiro atoms. The van der Waals surface area contributed by atoms with Gasteiger partial charge in [-0.25, -0.2) is 4.39 Å². The topological polar surface area (TPSA) is 9.23 Å². The van der Waals surface area contributed by atoms with Gasteiger partial charge in [0.05, 0.1) is 10.2 Å². The molecule has 78 valence electrons. The maximum absolute atomic E-state index is 12.8. The average molecular weight is 308 g/mol. The molecular formula is C11H14FIO. The van der Waals surface area contributed by atoms with Gasteiger partial charge in [0.2, 0.25) is 0 Å². The summed E-state index contributed by atoms with van der Waals surface area (Å²) in [6.07, 6.45) is 0. The van der Waals surface area contributed by atoms with E-state index in [9.17, 15) is 4.39 Å². The van der Waals surface area contributed by atoms with Crippen molar-refractivity contribution in [2.24, 2.45) is 5.41 Å². The maximum Gasteiger partial charge on any atom is 0.132 e. The highest BCUT2D eigenvalue weighted by Gasteiger charge is 2.12. The number of benzene rings is 1. The summed E-state index contributed by atoms with van der Waals surface area (Å²) in [5.41, 5.74) is 0.122. The van der Waals surface area contributed by atoms with E-state index in [1.807, 2.05) is 0 Å². The van der Waals surface area contributed by atoms with Gasteiger partial charge in [0, 0.05) is 0 Å².